The van der Waals surface area contributed by atoms with Gasteiger partial charge in [0.05, 0.1) is 5.69 Å². The van der Waals surface area contributed by atoms with E-state index >= 15 is 0 Å². The Morgan fingerprint density at radius 3 is 2.70 bits per heavy atom. The number of carbonyl (C=O) groups excluding carboxylic acids is 1. The second kappa shape index (κ2) is 5.00. The van der Waals surface area contributed by atoms with Crippen molar-refractivity contribution in [2.45, 2.75) is 19.4 Å². The fraction of sp³-hybridized carbons (Fsp3) is 0.364. The SMILES string of the molecule is CN(C(=O)c1sccc1-n1cnnn1)C(C)(C)C(=O)O. The molecule has 0 unspecified atom stereocenters. The van der Waals surface area contributed by atoms with Gasteiger partial charge >= 0.3 is 5.97 Å². The molecular formula is C11H13N5O3S. The van der Waals surface area contributed by atoms with Crippen LogP contribution in [0.25, 0.3) is 5.69 Å². The Hall–Kier alpha value is -2.29. The van der Waals surface area contributed by atoms with Crippen molar-refractivity contribution in [2.24, 2.45) is 0 Å². The molecule has 0 fully saturated rings. The normalized spacial score (nSPS) is 11.3. The summed E-state index contributed by atoms with van der Waals surface area (Å²) < 4.78 is 1.37. The summed E-state index contributed by atoms with van der Waals surface area (Å²) in [6.07, 6.45) is 1.38. The number of nitrogens with zero attached hydrogens (tertiary/aromatic N) is 5. The Kier molecular flexibility index (Phi) is 3.53. The number of tetrazole rings is 1. The van der Waals surface area contributed by atoms with Crippen LogP contribution in [0.3, 0.4) is 0 Å². The molecule has 106 valence electrons. The van der Waals surface area contributed by atoms with Gasteiger partial charge in [-0.2, -0.15) is 4.68 Å². The van der Waals surface area contributed by atoms with Gasteiger partial charge in [-0.15, -0.1) is 16.4 Å². The number of aliphatic carboxylic acids is 1. The summed E-state index contributed by atoms with van der Waals surface area (Å²) in [7, 11) is 1.46. The number of aromatic nitrogens is 4. The lowest BCUT2D eigenvalue weighted by molar-refractivity contribution is -0.147. The lowest BCUT2D eigenvalue weighted by Gasteiger charge is -2.31. The van der Waals surface area contributed by atoms with Gasteiger partial charge < -0.3 is 10.0 Å². The monoisotopic (exact) mass is 295 g/mol. The van der Waals surface area contributed by atoms with E-state index in [1.165, 1.54) is 48.1 Å². The third kappa shape index (κ3) is 2.27. The van der Waals surface area contributed by atoms with Gasteiger partial charge in [-0.25, -0.2) is 4.79 Å². The number of carbonyl (C=O) groups is 2. The Bertz CT molecular complexity index is 634. The van der Waals surface area contributed by atoms with Gasteiger partial charge in [0.25, 0.3) is 5.91 Å². The molecule has 20 heavy (non-hydrogen) atoms. The molecule has 0 radical (unpaired) electrons. The van der Waals surface area contributed by atoms with E-state index in [0.717, 1.165) is 0 Å². The summed E-state index contributed by atoms with van der Waals surface area (Å²) >= 11 is 1.21. The number of likely N-dealkylation sites (N-methyl/N-ethyl adjacent to an activating group) is 1. The lowest BCUT2D eigenvalue weighted by atomic mass is 10.0. The van der Waals surface area contributed by atoms with Crippen LogP contribution in [0.5, 0.6) is 0 Å². The van der Waals surface area contributed by atoms with Crippen molar-refractivity contribution >= 4 is 23.2 Å². The molecule has 0 aliphatic carbocycles. The first-order chi connectivity index (χ1) is 9.35. The van der Waals surface area contributed by atoms with Crippen molar-refractivity contribution in [1.29, 1.82) is 0 Å². The number of amides is 1. The molecule has 1 N–H and O–H groups in total. The first-order valence-electron chi connectivity index (χ1n) is 5.68. The van der Waals surface area contributed by atoms with E-state index in [9.17, 15) is 14.7 Å². The third-order valence-corrected chi connectivity index (χ3v) is 3.99. The number of carboxylic acid groups (broad SMARTS) is 1. The van der Waals surface area contributed by atoms with Crippen molar-refractivity contribution in [3.05, 3.63) is 22.7 Å². The van der Waals surface area contributed by atoms with E-state index in [2.05, 4.69) is 15.5 Å². The molecule has 0 saturated heterocycles. The second-order valence-corrected chi connectivity index (χ2v) is 5.53. The Balaban J connectivity index is 2.36. The maximum atomic E-state index is 12.5. The quantitative estimate of drug-likeness (QED) is 0.889. The van der Waals surface area contributed by atoms with Crippen molar-refractivity contribution < 1.29 is 14.7 Å². The zero-order valence-electron chi connectivity index (χ0n) is 11.1. The molecule has 0 bridgehead atoms. The maximum Gasteiger partial charge on any atom is 0.329 e. The standard InChI is InChI=1S/C11H13N5O3S/c1-11(2,10(18)19)15(3)9(17)8-7(4-5-20-8)16-6-12-13-14-16/h4-6H,1-3H3,(H,18,19). The summed E-state index contributed by atoms with van der Waals surface area (Å²) in [4.78, 5) is 25.3. The summed E-state index contributed by atoms with van der Waals surface area (Å²) in [5, 5.41) is 21.7. The Morgan fingerprint density at radius 2 is 2.15 bits per heavy atom. The van der Waals surface area contributed by atoms with E-state index < -0.39 is 17.4 Å². The Labute approximate surface area is 118 Å². The van der Waals surface area contributed by atoms with E-state index in [1.807, 2.05) is 0 Å². The van der Waals surface area contributed by atoms with Gasteiger partial charge in [0, 0.05) is 7.05 Å². The van der Waals surface area contributed by atoms with Crippen molar-refractivity contribution in [3.63, 3.8) is 0 Å². The minimum absolute atomic E-state index is 0.383. The smallest absolute Gasteiger partial charge is 0.329 e. The van der Waals surface area contributed by atoms with E-state index in [-0.39, 0.29) is 0 Å². The molecular weight excluding hydrogens is 282 g/mol. The molecule has 2 heterocycles. The molecule has 1 amide bonds. The molecule has 0 aromatic carbocycles. The molecule has 0 saturated carbocycles. The molecule has 0 spiro atoms. The molecule has 0 aliphatic rings. The van der Waals surface area contributed by atoms with Crippen LogP contribution in [0, 0.1) is 0 Å². The van der Waals surface area contributed by atoms with Crippen LogP contribution in [-0.2, 0) is 4.79 Å². The maximum absolute atomic E-state index is 12.5. The van der Waals surface area contributed by atoms with Crippen molar-refractivity contribution in [1.82, 2.24) is 25.1 Å². The number of hydrogen-bond acceptors (Lipinski definition) is 6. The van der Waals surface area contributed by atoms with E-state index in [1.54, 1.807) is 11.4 Å². The average Bonchev–Trinajstić information content (AvgIpc) is 3.06. The number of hydrogen-bond donors (Lipinski definition) is 1. The molecule has 0 aliphatic heterocycles. The van der Waals surface area contributed by atoms with Crippen LogP contribution in [-0.4, -0.2) is 54.7 Å². The summed E-state index contributed by atoms with van der Waals surface area (Å²) in [5.41, 5.74) is -0.781. The molecule has 9 heteroatoms. The highest BCUT2D eigenvalue weighted by Crippen LogP contribution is 2.24. The topological polar surface area (TPSA) is 101 Å². The van der Waals surface area contributed by atoms with Crippen LogP contribution in [0.2, 0.25) is 0 Å². The van der Waals surface area contributed by atoms with Gasteiger partial charge in [0.2, 0.25) is 0 Å². The van der Waals surface area contributed by atoms with Crippen LogP contribution in [0.1, 0.15) is 23.5 Å². The zero-order valence-corrected chi connectivity index (χ0v) is 12.0. The van der Waals surface area contributed by atoms with Crippen LogP contribution in [0.15, 0.2) is 17.8 Å². The van der Waals surface area contributed by atoms with Gasteiger partial charge in [0.15, 0.2) is 0 Å². The molecule has 2 aromatic rings. The fourth-order valence-electron chi connectivity index (χ4n) is 1.46. The van der Waals surface area contributed by atoms with Crippen LogP contribution >= 0.6 is 11.3 Å². The minimum atomic E-state index is -1.31. The van der Waals surface area contributed by atoms with Gasteiger partial charge in [0.1, 0.15) is 16.7 Å². The number of rotatable bonds is 4. The average molecular weight is 295 g/mol. The Morgan fingerprint density at radius 1 is 1.45 bits per heavy atom. The molecule has 8 nitrogen and oxygen atoms in total. The van der Waals surface area contributed by atoms with Crippen molar-refractivity contribution in [3.8, 4) is 5.69 Å². The summed E-state index contributed by atoms with van der Waals surface area (Å²) in [6, 6.07) is 1.70. The first kappa shape index (κ1) is 14.1. The van der Waals surface area contributed by atoms with E-state index in [0.29, 0.717) is 10.6 Å². The van der Waals surface area contributed by atoms with Crippen LogP contribution < -0.4 is 0 Å². The highest BCUT2D eigenvalue weighted by molar-refractivity contribution is 7.12. The van der Waals surface area contributed by atoms with Crippen molar-refractivity contribution in [2.75, 3.05) is 7.05 Å². The van der Waals surface area contributed by atoms with Gasteiger partial charge in [-0.05, 0) is 35.7 Å². The largest absolute Gasteiger partial charge is 0.480 e. The highest BCUT2D eigenvalue weighted by atomic mass is 32.1. The minimum Gasteiger partial charge on any atom is -0.480 e. The summed E-state index contributed by atoms with van der Waals surface area (Å²) in [5.74, 6) is -1.47. The predicted octanol–water partition coefficient (Wildman–Crippen LogP) is 0.659. The fourth-order valence-corrected chi connectivity index (χ4v) is 2.32. The van der Waals surface area contributed by atoms with Gasteiger partial charge in [-0.3, -0.25) is 4.79 Å². The molecule has 0 atom stereocenters. The predicted molar refractivity (Wildman–Crippen MR) is 70.8 cm³/mol. The van der Waals surface area contributed by atoms with Gasteiger partial charge in [-0.1, -0.05) is 0 Å². The van der Waals surface area contributed by atoms with Crippen LogP contribution in [0.4, 0.5) is 0 Å². The zero-order chi connectivity index (χ0) is 14.9. The lowest BCUT2D eigenvalue weighted by Crippen LogP contribution is -2.50. The highest BCUT2D eigenvalue weighted by Gasteiger charge is 2.36. The molecule has 2 rings (SSSR count). The third-order valence-electron chi connectivity index (χ3n) is 3.10. The number of carboxylic acids is 1. The van der Waals surface area contributed by atoms with E-state index in [4.69, 9.17) is 0 Å². The summed E-state index contributed by atoms with van der Waals surface area (Å²) in [6.45, 7) is 2.94. The first-order valence-corrected chi connectivity index (χ1v) is 6.56. The number of thiophene rings is 1. The molecule has 2 aromatic heterocycles. The second-order valence-electron chi connectivity index (χ2n) is 4.62.